The third kappa shape index (κ3) is 3.55. The lowest BCUT2D eigenvalue weighted by Gasteiger charge is -2.14. The van der Waals surface area contributed by atoms with E-state index in [-0.39, 0.29) is 0 Å². The van der Waals surface area contributed by atoms with Crippen LogP contribution < -0.4 is 0 Å². The number of rotatable bonds is 2. The molecule has 11 rings (SSSR count). The van der Waals surface area contributed by atoms with E-state index in [2.05, 4.69) is 170 Å². The van der Waals surface area contributed by atoms with Crippen molar-refractivity contribution >= 4 is 64.6 Å². The molecule has 0 bridgehead atoms. The zero-order valence-corrected chi connectivity index (χ0v) is 26.2. The molecule has 0 aromatic heterocycles. The van der Waals surface area contributed by atoms with Crippen molar-refractivity contribution in [2.24, 2.45) is 0 Å². The molecule has 0 heteroatoms. The molecular formula is C48H28. The van der Waals surface area contributed by atoms with E-state index in [1.807, 2.05) is 0 Å². The second kappa shape index (κ2) is 9.64. The SMILES string of the molecule is c1ccc(-c2ccc3c4ccc(-c5ccc6c(ccc7cc8c9c(cccc9c76)-c6ccccc6-8)c5)cc4c4ccccc4c3c2)cc1. The highest BCUT2D eigenvalue weighted by Gasteiger charge is 2.23. The molecule has 10 aromatic rings. The van der Waals surface area contributed by atoms with Gasteiger partial charge in [-0.1, -0.05) is 146 Å². The smallest absolute Gasteiger partial charge is 0.00197 e. The van der Waals surface area contributed by atoms with E-state index in [9.17, 15) is 0 Å². The summed E-state index contributed by atoms with van der Waals surface area (Å²) >= 11 is 0. The van der Waals surface area contributed by atoms with Gasteiger partial charge < -0.3 is 0 Å². The Morgan fingerprint density at radius 2 is 0.729 bits per heavy atom. The summed E-state index contributed by atoms with van der Waals surface area (Å²) in [7, 11) is 0. The molecule has 0 N–H and O–H groups in total. The molecule has 220 valence electrons. The van der Waals surface area contributed by atoms with Gasteiger partial charge in [0.15, 0.2) is 0 Å². The largest absolute Gasteiger partial charge is 0.0622 e. The van der Waals surface area contributed by atoms with Crippen molar-refractivity contribution < 1.29 is 0 Å². The minimum absolute atomic E-state index is 1.24. The first kappa shape index (κ1) is 25.9. The summed E-state index contributed by atoms with van der Waals surface area (Å²) < 4.78 is 0. The fraction of sp³-hybridized carbons (Fsp3) is 0. The van der Waals surface area contributed by atoms with E-state index < -0.39 is 0 Å². The van der Waals surface area contributed by atoms with Crippen LogP contribution >= 0.6 is 0 Å². The summed E-state index contributed by atoms with van der Waals surface area (Å²) in [5, 5.41) is 15.7. The summed E-state index contributed by atoms with van der Waals surface area (Å²) in [6.45, 7) is 0. The molecule has 0 atom stereocenters. The number of fused-ring (bicyclic) bond motifs is 13. The van der Waals surface area contributed by atoms with E-state index in [4.69, 9.17) is 0 Å². The van der Waals surface area contributed by atoms with Crippen LogP contribution in [0.15, 0.2) is 170 Å². The van der Waals surface area contributed by atoms with Gasteiger partial charge in [-0.05, 0) is 133 Å². The van der Waals surface area contributed by atoms with Crippen LogP contribution in [0.1, 0.15) is 0 Å². The Morgan fingerprint density at radius 3 is 1.46 bits per heavy atom. The van der Waals surface area contributed by atoms with E-state index in [1.165, 1.54) is 109 Å². The molecule has 1 aliphatic rings. The molecule has 0 fully saturated rings. The van der Waals surface area contributed by atoms with E-state index >= 15 is 0 Å². The van der Waals surface area contributed by atoms with Gasteiger partial charge >= 0.3 is 0 Å². The predicted molar refractivity (Wildman–Crippen MR) is 207 cm³/mol. The number of benzene rings is 10. The van der Waals surface area contributed by atoms with Crippen LogP contribution in [0.4, 0.5) is 0 Å². The van der Waals surface area contributed by atoms with Crippen LogP contribution in [0, 0.1) is 0 Å². The third-order valence-electron chi connectivity index (χ3n) is 10.7. The zero-order chi connectivity index (χ0) is 31.3. The standard InChI is InChI=1S/C48H28/c1-2-9-29(10-3-1)31-20-23-40-41-24-21-32(27-45(41)38-13-6-5-12-37(38)44(40)26-31)30-19-22-35-33(25-30)17-18-34-28-46-39-14-7-4-11-36(39)42-15-8-16-43(47(34)35)48(42)46/h1-28H. The molecule has 0 saturated carbocycles. The highest BCUT2D eigenvalue weighted by Crippen LogP contribution is 2.50. The Bertz CT molecular complexity index is 2960. The van der Waals surface area contributed by atoms with Gasteiger partial charge in [0.1, 0.15) is 0 Å². The maximum absolute atomic E-state index is 2.40. The van der Waals surface area contributed by atoms with Crippen LogP contribution in [0.5, 0.6) is 0 Å². The fourth-order valence-electron chi connectivity index (χ4n) is 8.56. The molecule has 0 heterocycles. The summed E-state index contributed by atoms with van der Waals surface area (Å²) in [6, 6.07) is 63.2. The highest BCUT2D eigenvalue weighted by atomic mass is 14.3. The summed E-state index contributed by atoms with van der Waals surface area (Å²) in [5.74, 6) is 0. The van der Waals surface area contributed by atoms with Gasteiger partial charge in [0.05, 0.1) is 0 Å². The molecule has 0 radical (unpaired) electrons. The van der Waals surface area contributed by atoms with Gasteiger partial charge in [0.2, 0.25) is 0 Å². The summed E-state index contributed by atoms with van der Waals surface area (Å²) in [5.41, 5.74) is 10.4. The van der Waals surface area contributed by atoms with Crippen molar-refractivity contribution in [3.05, 3.63) is 170 Å². The monoisotopic (exact) mass is 604 g/mol. The lowest BCUT2D eigenvalue weighted by Crippen LogP contribution is -1.87. The first-order valence-electron chi connectivity index (χ1n) is 16.8. The normalized spacial score (nSPS) is 12.2. The number of hydrogen-bond donors (Lipinski definition) is 0. The molecule has 0 saturated heterocycles. The van der Waals surface area contributed by atoms with Gasteiger partial charge in [-0.15, -0.1) is 0 Å². The van der Waals surface area contributed by atoms with Gasteiger partial charge in [-0.2, -0.15) is 0 Å². The molecule has 48 heavy (non-hydrogen) atoms. The average molecular weight is 605 g/mol. The van der Waals surface area contributed by atoms with Crippen molar-refractivity contribution in [1.29, 1.82) is 0 Å². The average Bonchev–Trinajstić information content (AvgIpc) is 3.48. The van der Waals surface area contributed by atoms with Gasteiger partial charge in [-0.25, -0.2) is 0 Å². The first-order chi connectivity index (χ1) is 23.8. The number of hydrogen-bond acceptors (Lipinski definition) is 0. The van der Waals surface area contributed by atoms with Gasteiger partial charge in [0, 0.05) is 0 Å². The van der Waals surface area contributed by atoms with Gasteiger partial charge in [-0.3, -0.25) is 0 Å². The lowest BCUT2D eigenvalue weighted by molar-refractivity contribution is 1.65. The van der Waals surface area contributed by atoms with Crippen molar-refractivity contribution in [2.75, 3.05) is 0 Å². The second-order valence-corrected chi connectivity index (χ2v) is 13.2. The summed E-state index contributed by atoms with van der Waals surface area (Å²) in [6.07, 6.45) is 0. The molecule has 10 aromatic carbocycles. The lowest BCUT2D eigenvalue weighted by atomic mass is 9.89. The first-order valence-corrected chi connectivity index (χ1v) is 16.8. The Labute approximate surface area is 278 Å². The molecule has 0 aliphatic heterocycles. The molecule has 0 nitrogen and oxygen atoms in total. The third-order valence-corrected chi connectivity index (χ3v) is 10.7. The zero-order valence-electron chi connectivity index (χ0n) is 26.2. The van der Waals surface area contributed by atoms with Crippen molar-refractivity contribution in [3.8, 4) is 44.5 Å². The van der Waals surface area contributed by atoms with Gasteiger partial charge in [0.25, 0.3) is 0 Å². The maximum Gasteiger partial charge on any atom is -0.00197 e. The topological polar surface area (TPSA) is 0 Å². The predicted octanol–water partition coefficient (Wildman–Crippen LogP) is 13.6. The van der Waals surface area contributed by atoms with E-state index in [1.54, 1.807) is 0 Å². The Hall–Kier alpha value is -6.24. The Balaban J connectivity index is 1.10. The second-order valence-electron chi connectivity index (χ2n) is 13.2. The summed E-state index contributed by atoms with van der Waals surface area (Å²) in [4.78, 5) is 0. The molecule has 0 spiro atoms. The van der Waals surface area contributed by atoms with Crippen molar-refractivity contribution in [2.45, 2.75) is 0 Å². The minimum Gasteiger partial charge on any atom is -0.0622 e. The van der Waals surface area contributed by atoms with Crippen LogP contribution in [0.2, 0.25) is 0 Å². The van der Waals surface area contributed by atoms with Crippen LogP contribution in [-0.4, -0.2) is 0 Å². The van der Waals surface area contributed by atoms with E-state index in [0.29, 0.717) is 0 Å². The fourth-order valence-corrected chi connectivity index (χ4v) is 8.56. The van der Waals surface area contributed by atoms with Crippen LogP contribution in [0.25, 0.3) is 109 Å². The van der Waals surface area contributed by atoms with Crippen molar-refractivity contribution in [3.63, 3.8) is 0 Å². The minimum atomic E-state index is 1.24. The molecule has 0 amide bonds. The quantitative estimate of drug-likeness (QED) is 0.172. The van der Waals surface area contributed by atoms with Crippen LogP contribution in [-0.2, 0) is 0 Å². The highest BCUT2D eigenvalue weighted by molar-refractivity contribution is 6.29. The molecule has 0 unspecified atom stereocenters. The Kier molecular flexibility index (Phi) is 5.20. The van der Waals surface area contributed by atoms with E-state index in [0.717, 1.165) is 0 Å². The molecular weight excluding hydrogens is 577 g/mol. The Morgan fingerprint density at radius 1 is 0.208 bits per heavy atom. The van der Waals surface area contributed by atoms with Crippen LogP contribution in [0.3, 0.4) is 0 Å². The maximum atomic E-state index is 2.40. The molecule has 1 aliphatic carbocycles. The van der Waals surface area contributed by atoms with Crippen molar-refractivity contribution in [1.82, 2.24) is 0 Å².